The Kier molecular flexibility index (Phi) is 5.88. The van der Waals surface area contributed by atoms with Crippen LogP contribution in [-0.2, 0) is 17.8 Å². The molecule has 0 bridgehead atoms. The first-order valence-electron chi connectivity index (χ1n) is 11.1. The number of hydrogen-bond acceptors (Lipinski definition) is 4. The number of aromatic nitrogens is 3. The number of carbonyl (C=O) groups is 1. The van der Waals surface area contributed by atoms with Crippen molar-refractivity contribution in [3.05, 3.63) is 62.3 Å². The quantitative estimate of drug-likeness (QED) is 0.599. The second-order valence-corrected chi connectivity index (χ2v) is 9.00. The average molecular weight is 432 g/mol. The summed E-state index contributed by atoms with van der Waals surface area (Å²) in [5, 5.41) is 12.5. The Morgan fingerprint density at radius 3 is 2.69 bits per heavy atom. The zero-order chi connectivity index (χ0) is 23.0. The number of aryl methyl sites for hydroxylation is 3. The number of hydrogen-bond donors (Lipinski definition) is 2. The predicted molar refractivity (Wildman–Crippen MR) is 123 cm³/mol. The molecule has 1 amide bonds. The second kappa shape index (κ2) is 8.62. The van der Waals surface area contributed by atoms with E-state index in [0.717, 1.165) is 29.4 Å². The molecule has 32 heavy (non-hydrogen) atoms. The van der Waals surface area contributed by atoms with Crippen molar-refractivity contribution < 1.29 is 4.79 Å². The molecule has 1 aromatic carbocycles. The number of pyridine rings is 1. The van der Waals surface area contributed by atoms with Crippen LogP contribution in [0.1, 0.15) is 52.8 Å². The third kappa shape index (κ3) is 4.31. The van der Waals surface area contributed by atoms with Gasteiger partial charge in [-0.25, -0.2) is 4.98 Å². The molecule has 1 saturated carbocycles. The van der Waals surface area contributed by atoms with Gasteiger partial charge in [-0.2, -0.15) is 5.26 Å². The van der Waals surface area contributed by atoms with Crippen molar-refractivity contribution in [2.45, 2.75) is 66.0 Å². The normalized spacial score (nSPS) is 14.3. The zero-order valence-electron chi connectivity index (χ0n) is 19.1. The Bertz CT molecular complexity index is 1290. The van der Waals surface area contributed by atoms with Gasteiger partial charge in [-0.15, -0.1) is 0 Å². The maximum absolute atomic E-state index is 12.8. The highest BCUT2D eigenvalue weighted by Gasteiger charge is 2.32. The zero-order valence-corrected chi connectivity index (χ0v) is 19.1. The molecule has 1 atom stereocenters. The van der Waals surface area contributed by atoms with E-state index in [4.69, 9.17) is 0 Å². The number of H-pyrrole nitrogens is 1. The minimum atomic E-state index is -0.373. The average Bonchev–Trinajstić information content (AvgIpc) is 3.52. The van der Waals surface area contributed by atoms with E-state index in [1.165, 1.54) is 11.1 Å². The summed E-state index contributed by atoms with van der Waals surface area (Å²) in [5.41, 5.74) is 6.52. The molecule has 0 unspecified atom stereocenters. The Hall–Kier alpha value is -3.40. The number of amides is 1. The Morgan fingerprint density at radius 2 is 2.00 bits per heavy atom. The molecule has 166 valence electrons. The van der Waals surface area contributed by atoms with Gasteiger partial charge in [0.2, 0.25) is 5.91 Å². The standard InChI is InChI=1S/C25H29N5O2/c1-14-9-21-23(10-15(14)2)30(13-27-21)12-22(18-5-6-18)29-24(31)8-7-19-16(3)20(11-26)25(32)28-17(19)4/h9-10,13,18,22H,5-8,12H2,1-4H3,(H,28,32)(H,29,31)/t22-/m1/s1. The van der Waals surface area contributed by atoms with E-state index in [1.807, 2.05) is 19.3 Å². The van der Waals surface area contributed by atoms with Crippen molar-refractivity contribution in [2.75, 3.05) is 0 Å². The molecule has 0 spiro atoms. The third-order valence-corrected chi connectivity index (χ3v) is 6.69. The predicted octanol–water partition coefficient (Wildman–Crippen LogP) is 3.36. The third-order valence-electron chi connectivity index (χ3n) is 6.69. The van der Waals surface area contributed by atoms with E-state index < -0.39 is 0 Å². The fourth-order valence-electron chi connectivity index (χ4n) is 4.42. The van der Waals surface area contributed by atoms with Gasteiger partial charge in [0.05, 0.1) is 17.4 Å². The second-order valence-electron chi connectivity index (χ2n) is 9.00. The molecule has 7 heteroatoms. The van der Waals surface area contributed by atoms with Crippen LogP contribution >= 0.6 is 0 Å². The monoisotopic (exact) mass is 431 g/mol. The van der Waals surface area contributed by atoms with Crippen LogP contribution in [0, 0.1) is 44.9 Å². The lowest BCUT2D eigenvalue weighted by Gasteiger charge is -2.20. The summed E-state index contributed by atoms with van der Waals surface area (Å²) in [5.74, 6) is 0.478. The van der Waals surface area contributed by atoms with Crippen molar-refractivity contribution >= 4 is 16.9 Å². The molecule has 2 heterocycles. The largest absolute Gasteiger partial charge is 0.351 e. The molecule has 1 aliphatic carbocycles. The topological polar surface area (TPSA) is 104 Å². The number of fused-ring (bicyclic) bond motifs is 1. The number of imidazole rings is 1. The highest BCUT2D eigenvalue weighted by molar-refractivity contribution is 5.78. The number of rotatable bonds is 7. The van der Waals surface area contributed by atoms with Gasteiger partial charge >= 0.3 is 0 Å². The molecular formula is C25H29N5O2. The summed E-state index contributed by atoms with van der Waals surface area (Å²) in [7, 11) is 0. The minimum absolute atomic E-state index is 0.0122. The molecule has 1 fully saturated rings. The number of nitriles is 1. The van der Waals surface area contributed by atoms with Gasteiger partial charge in [0.1, 0.15) is 11.6 Å². The van der Waals surface area contributed by atoms with Crippen LogP contribution in [0.25, 0.3) is 11.0 Å². The van der Waals surface area contributed by atoms with Gasteiger partial charge < -0.3 is 14.9 Å². The Morgan fingerprint density at radius 1 is 1.28 bits per heavy atom. The first-order chi connectivity index (χ1) is 15.3. The van der Waals surface area contributed by atoms with Crippen LogP contribution in [0.2, 0.25) is 0 Å². The van der Waals surface area contributed by atoms with Crippen molar-refractivity contribution in [3.8, 4) is 6.07 Å². The van der Waals surface area contributed by atoms with Crippen LogP contribution in [0.5, 0.6) is 0 Å². The smallest absolute Gasteiger partial charge is 0.266 e. The highest BCUT2D eigenvalue weighted by Crippen LogP contribution is 2.34. The number of benzene rings is 1. The summed E-state index contributed by atoms with van der Waals surface area (Å²) in [6, 6.07) is 6.30. The highest BCUT2D eigenvalue weighted by atomic mass is 16.1. The first-order valence-corrected chi connectivity index (χ1v) is 11.1. The summed E-state index contributed by atoms with van der Waals surface area (Å²) in [6.07, 6.45) is 4.91. The fourth-order valence-corrected chi connectivity index (χ4v) is 4.42. The van der Waals surface area contributed by atoms with Crippen molar-refractivity contribution in [1.82, 2.24) is 19.9 Å². The SMILES string of the molecule is Cc1cc2ncn(C[C@@H](NC(=O)CCc3c(C)[nH]c(=O)c(C#N)c3C)C3CC3)c2cc1C. The summed E-state index contributed by atoms with van der Waals surface area (Å²) >= 11 is 0. The van der Waals surface area contributed by atoms with Gasteiger partial charge in [0.25, 0.3) is 5.56 Å². The minimum Gasteiger partial charge on any atom is -0.351 e. The van der Waals surface area contributed by atoms with Gasteiger partial charge in [-0.1, -0.05) is 0 Å². The molecule has 0 aliphatic heterocycles. The van der Waals surface area contributed by atoms with Crippen LogP contribution < -0.4 is 10.9 Å². The molecule has 7 nitrogen and oxygen atoms in total. The fraction of sp³-hybridized carbons (Fsp3) is 0.440. The molecule has 2 N–H and O–H groups in total. The van der Waals surface area contributed by atoms with Crippen molar-refractivity contribution in [2.24, 2.45) is 5.92 Å². The van der Waals surface area contributed by atoms with E-state index in [1.54, 1.807) is 6.92 Å². The lowest BCUT2D eigenvalue weighted by Crippen LogP contribution is -2.39. The Balaban J connectivity index is 1.46. The molecule has 2 aromatic heterocycles. The Labute approximate surface area is 187 Å². The number of nitrogens with one attached hydrogen (secondary N) is 2. The van der Waals surface area contributed by atoms with Crippen LogP contribution in [0.3, 0.4) is 0 Å². The molecule has 0 saturated heterocycles. The molecule has 1 aliphatic rings. The van der Waals surface area contributed by atoms with Gasteiger partial charge in [-0.3, -0.25) is 9.59 Å². The lowest BCUT2D eigenvalue weighted by atomic mass is 9.99. The molecule has 3 aromatic rings. The number of nitrogens with zero attached hydrogens (tertiary/aromatic N) is 3. The van der Waals surface area contributed by atoms with Crippen LogP contribution in [0.15, 0.2) is 23.3 Å². The lowest BCUT2D eigenvalue weighted by molar-refractivity contribution is -0.122. The summed E-state index contributed by atoms with van der Waals surface area (Å²) in [4.78, 5) is 32.0. The van der Waals surface area contributed by atoms with Gasteiger partial charge in [-0.05, 0) is 87.3 Å². The van der Waals surface area contributed by atoms with Crippen LogP contribution in [-0.4, -0.2) is 26.5 Å². The summed E-state index contributed by atoms with van der Waals surface area (Å²) in [6.45, 7) is 8.47. The van der Waals surface area contributed by atoms with Gasteiger partial charge in [0.15, 0.2) is 0 Å². The summed E-state index contributed by atoms with van der Waals surface area (Å²) < 4.78 is 2.14. The number of carbonyl (C=O) groups excluding carboxylic acids is 1. The maximum atomic E-state index is 12.8. The van der Waals surface area contributed by atoms with E-state index in [2.05, 4.69) is 45.8 Å². The molecular weight excluding hydrogens is 402 g/mol. The van der Waals surface area contributed by atoms with Gasteiger partial charge in [0, 0.05) is 24.7 Å². The van der Waals surface area contributed by atoms with E-state index >= 15 is 0 Å². The maximum Gasteiger partial charge on any atom is 0.266 e. The molecule has 4 rings (SSSR count). The van der Waals surface area contributed by atoms with E-state index in [0.29, 0.717) is 36.6 Å². The van der Waals surface area contributed by atoms with E-state index in [9.17, 15) is 14.9 Å². The van der Waals surface area contributed by atoms with Crippen molar-refractivity contribution in [3.63, 3.8) is 0 Å². The van der Waals surface area contributed by atoms with Crippen LogP contribution in [0.4, 0.5) is 0 Å². The molecule has 0 radical (unpaired) electrons. The first kappa shape index (κ1) is 21.8. The number of aromatic amines is 1. The van der Waals surface area contributed by atoms with Crippen molar-refractivity contribution in [1.29, 1.82) is 5.26 Å². The van der Waals surface area contributed by atoms with E-state index in [-0.39, 0.29) is 23.1 Å².